The number of para-hydroxylation sites is 4. The first-order chi connectivity index (χ1) is 16.1. The van der Waals surface area contributed by atoms with Crippen LogP contribution in [0.5, 0.6) is 0 Å². The van der Waals surface area contributed by atoms with E-state index in [4.69, 9.17) is 23.9 Å². The van der Waals surface area contributed by atoms with E-state index in [1.807, 2.05) is 0 Å². The fourth-order valence-electron chi connectivity index (χ4n) is 6.24. The summed E-state index contributed by atoms with van der Waals surface area (Å²) in [7, 11) is 7.90. The standard InChI is InChI=1S/C27H27N2Si.CH3.2ClH.Ti/c1-30(2,27-18-17-21-20-10-4-3-9-19(20)15-16-22(21)27)29-25-13-7-5-11-23(25)28-24-12-6-8-14-26(24)29;;;;/h3-16,21-22,27H,17-18H2,1-2H3;1H3;2*1H;/q2*-1;;;+2/p-2/t21-,22+,27?;;;;/m1..../s1. The Kier molecular flexibility index (Phi) is 8.01. The van der Waals surface area contributed by atoms with Crippen LogP contribution in [0.25, 0.3) is 11.4 Å². The Morgan fingerprint density at radius 3 is 2.06 bits per heavy atom. The van der Waals surface area contributed by atoms with Gasteiger partial charge >= 0.3 is 35.6 Å². The zero-order valence-electron chi connectivity index (χ0n) is 19.9. The first kappa shape index (κ1) is 25.6. The zero-order valence-corrected chi connectivity index (χ0v) is 24.0. The zero-order chi connectivity index (χ0) is 23.0. The molecule has 1 fully saturated rings. The van der Waals surface area contributed by atoms with Crippen LogP contribution in [0.2, 0.25) is 18.6 Å². The third kappa shape index (κ3) is 4.42. The molecule has 0 spiro atoms. The Labute approximate surface area is 222 Å². The molecule has 3 aliphatic rings. The van der Waals surface area contributed by atoms with Crippen LogP contribution in [-0.2, 0) is 17.0 Å². The van der Waals surface area contributed by atoms with Gasteiger partial charge in [0.2, 0.25) is 0 Å². The maximum atomic E-state index is 4.98. The molecule has 176 valence electrons. The van der Waals surface area contributed by atoms with E-state index in [1.54, 1.807) is 5.56 Å². The summed E-state index contributed by atoms with van der Waals surface area (Å²) in [5, 5.41) is 4.98. The van der Waals surface area contributed by atoms with E-state index in [2.05, 4.69) is 103 Å². The maximum absolute atomic E-state index is 4.98. The Morgan fingerprint density at radius 1 is 0.853 bits per heavy atom. The second-order valence-corrected chi connectivity index (χ2v) is 16.6. The second-order valence-electron chi connectivity index (χ2n) is 9.51. The summed E-state index contributed by atoms with van der Waals surface area (Å²) >= 11 is -0.556. The fraction of sp³-hybridized carbons (Fsp3) is 0.250. The fourth-order valence-corrected chi connectivity index (χ4v) is 10.3. The van der Waals surface area contributed by atoms with Crippen molar-refractivity contribution in [1.82, 2.24) is 0 Å². The molecule has 0 aromatic heterocycles. The number of hydrogen-bond donors (Lipinski definition) is 0. The number of benzene rings is 3. The van der Waals surface area contributed by atoms with Crippen molar-refractivity contribution in [2.45, 2.75) is 37.4 Å². The Balaban J connectivity index is 0.000000652. The molecule has 0 amide bonds. The van der Waals surface area contributed by atoms with Crippen LogP contribution in [0.4, 0.5) is 22.7 Å². The van der Waals surface area contributed by atoms with Gasteiger partial charge in [0.05, 0.1) is 0 Å². The first-order valence-electron chi connectivity index (χ1n) is 11.5. The molecule has 3 atom stereocenters. The van der Waals surface area contributed by atoms with E-state index in [0.717, 1.165) is 11.4 Å². The Bertz CT molecular complexity index is 1140. The van der Waals surface area contributed by atoms with Crippen LogP contribution in [0.1, 0.15) is 29.9 Å². The molecule has 0 radical (unpaired) electrons. The van der Waals surface area contributed by atoms with Gasteiger partial charge in [0, 0.05) is 11.4 Å². The quantitative estimate of drug-likeness (QED) is 0.233. The Morgan fingerprint density at radius 2 is 1.41 bits per heavy atom. The molecule has 1 heterocycles. The molecule has 3 aromatic rings. The molecule has 34 heavy (non-hydrogen) atoms. The van der Waals surface area contributed by atoms with E-state index < -0.39 is 25.3 Å². The van der Waals surface area contributed by atoms with E-state index >= 15 is 0 Å². The van der Waals surface area contributed by atoms with E-state index in [1.165, 1.54) is 29.8 Å². The molecular formula is C28H30Cl2N2SiTi-2. The predicted molar refractivity (Wildman–Crippen MR) is 148 cm³/mol. The van der Waals surface area contributed by atoms with Crippen molar-refractivity contribution in [3.63, 3.8) is 0 Å². The average molecular weight is 541 g/mol. The number of fused-ring (bicyclic) bond motifs is 5. The summed E-state index contributed by atoms with van der Waals surface area (Å²) in [6.07, 6.45) is 7.53. The van der Waals surface area contributed by atoms with Gasteiger partial charge in [-0.3, -0.25) is 0 Å². The summed E-state index contributed by atoms with van der Waals surface area (Å²) in [6.45, 7) is 5.15. The molecule has 0 saturated heterocycles. The minimum absolute atomic E-state index is 0. The molecule has 2 aliphatic carbocycles. The number of allylic oxidation sites excluding steroid dienone is 1. The number of hydrogen-bond acceptors (Lipinski definition) is 1. The predicted octanol–water partition coefficient (Wildman–Crippen LogP) is 10.1. The topological polar surface area (TPSA) is 17.3 Å². The Hall–Kier alpha value is -1.49. The normalized spacial score (nSPS) is 21.4. The van der Waals surface area contributed by atoms with Crippen LogP contribution in [0.3, 0.4) is 0 Å². The van der Waals surface area contributed by atoms with Gasteiger partial charge in [-0.2, -0.15) is 0 Å². The molecule has 6 heteroatoms. The number of halogens is 2. The molecule has 6 rings (SSSR count). The van der Waals surface area contributed by atoms with Crippen LogP contribution in [0, 0.1) is 13.3 Å². The molecule has 0 bridgehead atoms. The van der Waals surface area contributed by atoms with Gasteiger partial charge in [-0.05, 0) is 53.5 Å². The molecule has 0 N–H and O–H groups in total. The van der Waals surface area contributed by atoms with Crippen molar-refractivity contribution in [2.24, 2.45) is 5.92 Å². The van der Waals surface area contributed by atoms with Crippen LogP contribution >= 0.6 is 18.6 Å². The molecule has 3 aromatic carbocycles. The summed E-state index contributed by atoms with van der Waals surface area (Å²) in [5.41, 5.74) is 8.49. The summed E-state index contributed by atoms with van der Waals surface area (Å²) < 4.78 is 2.71. The summed E-state index contributed by atoms with van der Waals surface area (Å²) in [5.74, 6) is 1.31. The molecule has 2 nitrogen and oxygen atoms in total. The molecule has 1 saturated carbocycles. The molecular weight excluding hydrogens is 511 g/mol. The van der Waals surface area contributed by atoms with Crippen LogP contribution in [0.15, 0.2) is 78.9 Å². The van der Waals surface area contributed by atoms with Gasteiger partial charge in [0.1, 0.15) is 0 Å². The van der Waals surface area contributed by atoms with Gasteiger partial charge in [-0.15, -0.1) is 11.4 Å². The van der Waals surface area contributed by atoms with E-state index in [9.17, 15) is 0 Å². The first-order valence-corrected chi connectivity index (χ1v) is 18.8. The third-order valence-electron chi connectivity index (χ3n) is 7.58. The van der Waals surface area contributed by atoms with Crippen molar-refractivity contribution in [2.75, 3.05) is 4.57 Å². The van der Waals surface area contributed by atoms with Crippen LogP contribution < -0.4 is 4.57 Å². The second kappa shape index (κ2) is 10.6. The molecule has 1 aliphatic heterocycles. The van der Waals surface area contributed by atoms with Gasteiger partial charge in [0.15, 0.2) is 8.24 Å². The van der Waals surface area contributed by atoms with Gasteiger partial charge in [-0.25, -0.2) is 0 Å². The third-order valence-corrected chi connectivity index (χ3v) is 11.7. The number of nitrogens with zero attached hydrogens (tertiary/aromatic N) is 2. The summed E-state index contributed by atoms with van der Waals surface area (Å²) in [6, 6.07) is 26.4. The number of anilines is 2. The van der Waals surface area contributed by atoms with Crippen molar-refractivity contribution >= 4 is 55.7 Å². The molecule has 1 unspecified atom stereocenters. The van der Waals surface area contributed by atoms with E-state index in [-0.39, 0.29) is 7.43 Å². The SMILES string of the molecule is C[Si](C)(C1CC[C@@H]2c3ccccc3C=C[C@H]12)N1c2ccccc2[N-]c2ccccc21.[CH3-].[Cl][Ti][Cl]. The van der Waals surface area contributed by atoms with Gasteiger partial charge < -0.3 is 17.3 Å². The minimum atomic E-state index is -1.88. The van der Waals surface area contributed by atoms with Crippen molar-refractivity contribution in [3.05, 3.63) is 103 Å². The van der Waals surface area contributed by atoms with Crippen molar-refractivity contribution in [1.29, 1.82) is 0 Å². The van der Waals surface area contributed by atoms with E-state index in [0.29, 0.717) is 17.4 Å². The van der Waals surface area contributed by atoms with Crippen molar-refractivity contribution < 1.29 is 17.0 Å². The number of rotatable bonds is 2. The van der Waals surface area contributed by atoms with Crippen molar-refractivity contribution in [3.8, 4) is 0 Å². The van der Waals surface area contributed by atoms with Gasteiger partial charge in [0.25, 0.3) is 0 Å². The summed E-state index contributed by atoms with van der Waals surface area (Å²) in [4.78, 5) is 0. The van der Waals surface area contributed by atoms with Crippen LogP contribution in [-0.4, -0.2) is 8.24 Å². The average Bonchev–Trinajstić information content (AvgIpc) is 3.28. The monoisotopic (exact) mass is 540 g/mol. The van der Waals surface area contributed by atoms with Gasteiger partial charge in [-0.1, -0.05) is 85.9 Å².